The van der Waals surface area contributed by atoms with Gasteiger partial charge in [-0.3, -0.25) is 4.90 Å². The minimum Gasteiger partial charge on any atom is -0.444 e. The van der Waals surface area contributed by atoms with Crippen molar-refractivity contribution in [1.82, 2.24) is 9.88 Å². The van der Waals surface area contributed by atoms with Crippen LogP contribution in [0.2, 0.25) is 25.7 Å². The van der Waals surface area contributed by atoms with Crippen LogP contribution in [-0.4, -0.2) is 42.8 Å². The van der Waals surface area contributed by atoms with Gasteiger partial charge in [0.05, 0.1) is 0 Å². The molecule has 2 heterocycles. The molecule has 166 valence electrons. The minimum absolute atomic E-state index is 0.0494. The zero-order chi connectivity index (χ0) is 22.1. The number of halogens is 1. The maximum Gasteiger partial charge on any atom is 0.411 e. The summed E-state index contributed by atoms with van der Waals surface area (Å²) in [5.74, 6) is 1.000. The summed E-state index contributed by atoms with van der Waals surface area (Å²) < 4.78 is 15.0. The number of H-pyrrole nitrogens is 1. The number of hydrogen-bond acceptors (Lipinski definition) is 3. The van der Waals surface area contributed by atoms with E-state index in [1.54, 1.807) is 0 Å². The quantitative estimate of drug-likeness (QED) is 0.321. The predicted molar refractivity (Wildman–Crippen MR) is 125 cm³/mol. The second-order valence-corrected chi connectivity index (χ2v) is 16.8. The number of rotatable bonds is 6. The Morgan fingerprint density at radius 2 is 2.07 bits per heavy atom. The molecule has 8 heteroatoms. The molecule has 0 radical (unpaired) electrons. The van der Waals surface area contributed by atoms with E-state index >= 15 is 0 Å². The van der Waals surface area contributed by atoms with Crippen LogP contribution in [0.25, 0.3) is 11.0 Å². The van der Waals surface area contributed by atoms with Crippen molar-refractivity contribution in [1.29, 1.82) is 0 Å². The minimum atomic E-state index is -1.15. The molecule has 1 aliphatic rings. The number of aromatic nitrogens is 2. The van der Waals surface area contributed by atoms with Crippen LogP contribution in [0.4, 0.5) is 4.79 Å². The van der Waals surface area contributed by atoms with Gasteiger partial charge in [0, 0.05) is 31.8 Å². The molecule has 0 saturated carbocycles. The van der Waals surface area contributed by atoms with Crippen molar-refractivity contribution in [2.45, 2.75) is 77.7 Å². The van der Waals surface area contributed by atoms with Crippen LogP contribution in [0.5, 0.6) is 0 Å². The number of likely N-dealkylation sites (tertiary alicyclic amines) is 1. The molecule has 0 bridgehead atoms. The Labute approximate surface area is 189 Å². The summed E-state index contributed by atoms with van der Waals surface area (Å²) in [6.45, 7) is 14.7. The highest BCUT2D eigenvalue weighted by Gasteiger charge is 2.39. The molecule has 1 atom stereocenters. The average molecular weight is 498 g/mol. The lowest BCUT2D eigenvalue weighted by molar-refractivity contribution is -0.717. The third-order valence-corrected chi connectivity index (χ3v) is 7.41. The molecule has 0 spiro atoms. The summed E-state index contributed by atoms with van der Waals surface area (Å²) in [7, 11) is -1.15. The summed E-state index contributed by atoms with van der Waals surface area (Å²) in [4.78, 5) is 18.3. The van der Waals surface area contributed by atoms with Crippen LogP contribution >= 0.6 is 15.9 Å². The second-order valence-electron chi connectivity index (χ2n) is 10.3. The van der Waals surface area contributed by atoms with Crippen molar-refractivity contribution < 1.29 is 18.8 Å². The van der Waals surface area contributed by atoms with Gasteiger partial charge in [0.25, 0.3) is 5.82 Å². The average Bonchev–Trinajstić information content (AvgIpc) is 3.20. The number of imidazole rings is 1. The Morgan fingerprint density at radius 3 is 2.73 bits per heavy atom. The molecule has 1 aromatic carbocycles. The Kier molecular flexibility index (Phi) is 6.99. The van der Waals surface area contributed by atoms with Crippen LogP contribution in [0.15, 0.2) is 22.7 Å². The molecule has 1 N–H and O–H groups in total. The molecule has 0 unspecified atom stereocenters. The summed E-state index contributed by atoms with van der Waals surface area (Å²) in [5.41, 5.74) is 1.60. The molecule has 30 heavy (non-hydrogen) atoms. The SMILES string of the molecule is CC(C)(C)OC(=O)N1CCC[C@H]1c1[nH]c2cc(Br)ccc2[n+]1COCC[Si](C)(C)C. The van der Waals surface area contributed by atoms with Gasteiger partial charge in [0.1, 0.15) is 11.6 Å². The van der Waals surface area contributed by atoms with E-state index in [0.717, 1.165) is 46.8 Å². The van der Waals surface area contributed by atoms with Gasteiger partial charge in [-0.25, -0.2) is 14.3 Å². The highest BCUT2D eigenvalue weighted by atomic mass is 79.9. The van der Waals surface area contributed by atoms with Crippen molar-refractivity contribution in [3.63, 3.8) is 0 Å². The van der Waals surface area contributed by atoms with Crippen LogP contribution < -0.4 is 4.57 Å². The van der Waals surface area contributed by atoms with Crippen LogP contribution in [0, 0.1) is 0 Å². The maximum atomic E-state index is 12.8. The number of ether oxygens (including phenoxy) is 2. The molecule has 1 amide bonds. The van der Waals surface area contributed by atoms with Crippen LogP contribution in [0.3, 0.4) is 0 Å². The monoisotopic (exact) mass is 496 g/mol. The third-order valence-electron chi connectivity index (χ3n) is 5.22. The topological polar surface area (TPSA) is 58.4 Å². The van der Waals surface area contributed by atoms with Gasteiger partial charge in [-0.05, 0) is 51.8 Å². The lowest BCUT2D eigenvalue weighted by Crippen LogP contribution is -2.44. The van der Waals surface area contributed by atoms with E-state index in [-0.39, 0.29) is 12.1 Å². The Hall–Kier alpha value is -1.38. The molecule has 1 aromatic heterocycles. The number of fused-ring (bicyclic) bond motifs is 1. The van der Waals surface area contributed by atoms with Crippen molar-refractivity contribution in [3.8, 4) is 0 Å². The molecule has 1 fully saturated rings. The van der Waals surface area contributed by atoms with E-state index in [1.165, 1.54) is 0 Å². The molecule has 6 nitrogen and oxygen atoms in total. The molecular formula is C22H35BrN3O3Si+. The molecule has 3 rings (SSSR count). The smallest absolute Gasteiger partial charge is 0.411 e. The van der Waals surface area contributed by atoms with Crippen molar-refractivity contribution in [2.24, 2.45) is 0 Å². The molecule has 2 aromatic rings. The molecule has 0 aliphatic carbocycles. The summed E-state index contributed by atoms with van der Waals surface area (Å²) in [6.07, 6.45) is 1.61. The highest BCUT2D eigenvalue weighted by Crippen LogP contribution is 2.32. The fourth-order valence-corrected chi connectivity index (χ4v) is 4.82. The van der Waals surface area contributed by atoms with Crippen molar-refractivity contribution in [2.75, 3.05) is 13.2 Å². The van der Waals surface area contributed by atoms with Gasteiger partial charge < -0.3 is 9.47 Å². The van der Waals surface area contributed by atoms with E-state index in [1.807, 2.05) is 31.7 Å². The number of amides is 1. The van der Waals surface area contributed by atoms with Crippen molar-refractivity contribution >= 4 is 41.1 Å². The molecule has 1 saturated heterocycles. The standard InChI is InChI=1S/C22H34BrN3O3Si/c1-22(2,3)29-21(27)25-11-7-8-19(25)20-24-17-14-16(23)9-10-18(17)26(20)15-28-12-13-30(4,5)6/h9-10,14,19H,7-8,11-13,15H2,1-6H3/p+1/t19-/m0/s1. The van der Waals surface area contributed by atoms with Gasteiger partial charge in [-0.1, -0.05) is 35.6 Å². The maximum absolute atomic E-state index is 12.8. The van der Waals surface area contributed by atoms with Crippen molar-refractivity contribution in [3.05, 3.63) is 28.5 Å². The Bertz CT molecular complexity index is 901. The summed E-state index contributed by atoms with van der Waals surface area (Å²) in [6, 6.07) is 7.29. The second kappa shape index (κ2) is 9.00. The summed E-state index contributed by atoms with van der Waals surface area (Å²) in [5, 5.41) is 0. The van der Waals surface area contributed by atoms with Gasteiger partial charge >= 0.3 is 6.09 Å². The number of benzene rings is 1. The van der Waals surface area contributed by atoms with Gasteiger partial charge in [-0.15, -0.1) is 0 Å². The Balaban J connectivity index is 1.88. The van der Waals surface area contributed by atoms with Gasteiger partial charge in [-0.2, -0.15) is 0 Å². The third kappa shape index (κ3) is 5.86. The fraction of sp³-hybridized carbons (Fsp3) is 0.636. The van der Waals surface area contributed by atoms with Gasteiger partial charge in [0.2, 0.25) is 0 Å². The first kappa shape index (κ1) is 23.3. The molecule has 1 aliphatic heterocycles. The van der Waals surface area contributed by atoms with Crippen LogP contribution in [0.1, 0.15) is 45.5 Å². The number of carbonyl (C=O) groups excluding carboxylic acids is 1. The fourth-order valence-electron chi connectivity index (χ4n) is 3.71. The highest BCUT2D eigenvalue weighted by molar-refractivity contribution is 9.10. The number of nitrogens with one attached hydrogen (secondary N) is 1. The van der Waals surface area contributed by atoms with E-state index in [4.69, 9.17) is 9.47 Å². The number of nitrogens with zero attached hydrogens (tertiary/aromatic N) is 2. The normalized spacial score (nSPS) is 17.7. The number of hydrogen-bond donors (Lipinski definition) is 1. The zero-order valence-electron chi connectivity index (χ0n) is 19.0. The Morgan fingerprint density at radius 1 is 1.33 bits per heavy atom. The first-order chi connectivity index (χ1) is 13.9. The predicted octanol–water partition coefficient (Wildman–Crippen LogP) is 5.60. The van der Waals surface area contributed by atoms with E-state index < -0.39 is 13.7 Å². The van der Waals surface area contributed by atoms with E-state index in [9.17, 15) is 4.79 Å². The van der Waals surface area contributed by atoms with Gasteiger partial charge in [0.15, 0.2) is 17.8 Å². The van der Waals surface area contributed by atoms with Crippen LogP contribution in [-0.2, 0) is 16.2 Å². The van der Waals surface area contributed by atoms with E-state index in [2.05, 4.69) is 57.3 Å². The number of aromatic amines is 1. The molecular weight excluding hydrogens is 462 g/mol. The lowest BCUT2D eigenvalue weighted by Gasteiger charge is -2.27. The number of carbonyl (C=O) groups is 1. The van der Waals surface area contributed by atoms with E-state index in [0.29, 0.717) is 13.3 Å². The largest absolute Gasteiger partial charge is 0.444 e. The zero-order valence-corrected chi connectivity index (χ0v) is 21.6. The summed E-state index contributed by atoms with van der Waals surface area (Å²) >= 11 is 3.56. The first-order valence-corrected chi connectivity index (χ1v) is 15.2. The first-order valence-electron chi connectivity index (χ1n) is 10.7. The lowest BCUT2D eigenvalue weighted by atomic mass is 10.2.